The molecular formula is C11H11F3N2O. The predicted octanol–water partition coefficient (Wildman–Crippen LogP) is 1.57. The molecule has 0 heterocycles. The van der Waals surface area contributed by atoms with Crippen molar-refractivity contribution in [1.82, 2.24) is 5.32 Å². The van der Waals surface area contributed by atoms with Crippen molar-refractivity contribution in [2.75, 3.05) is 6.54 Å². The van der Waals surface area contributed by atoms with Gasteiger partial charge in [-0.25, -0.2) is 0 Å². The van der Waals surface area contributed by atoms with Crippen molar-refractivity contribution in [3.05, 3.63) is 35.4 Å². The Morgan fingerprint density at radius 3 is 2.35 bits per heavy atom. The summed E-state index contributed by atoms with van der Waals surface area (Å²) in [6, 6.07) is 8.39. The van der Waals surface area contributed by atoms with Crippen molar-refractivity contribution in [1.29, 1.82) is 5.26 Å². The van der Waals surface area contributed by atoms with Crippen molar-refractivity contribution >= 4 is 0 Å². The highest BCUT2D eigenvalue weighted by atomic mass is 19.4. The van der Waals surface area contributed by atoms with Crippen LogP contribution in [-0.2, 0) is 6.54 Å². The monoisotopic (exact) mass is 244 g/mol. The van der Waals surface area contributed by atoms with Crippen LogP contribution < -0.4 is 5.32 Å². The Morgan fingerprint density at radius 2 is 1.88 bits per heavy atom. The van der Waals surface area contributed by atoms with Crippen LogP contribution in [0.1, 0.15) is 11.1 Å². The first-order valence-corrected chi connectivity index (χ1v) is 4.88. The smallest absolute Gasteiger partial charge is 0.382 e. The Morgan fingerprint density at radius 1 is 1.29 bits per heavy atom. The number of alkyl halides is 3. The van der Waals surface area contributed by atoms with Crippen LogP contribution in [0.15, 0.2) is 24.3 Å². The van der Waals surface area contributed by atoms with Crippen molar-refractivity contribution in [3.8, 4) is 6.07 Å². The number of aliphatic hydroxyl groups excluding tert-OH is 1. The predicted molar refractivity (Wildman–Crippen MR) is 54.9 cm³/mol. The Balaban J connectivity index is 2.39. The minimum absolute atomic E-state index is 0.207. The maximum atomic E-state index is 11.9. The summed E-state index contributed by atoms with van der Waals surface area (Å²) in [5.41, 5.74) is 1.24. The third kappa shape index (κ3) is 4.43. The van der Waals surface area contributed by atoms with Gasteiger partial charge in [0, 0.05) is 13.1 Å². The summed E-state index contributed by atoms with van der Waals surface area (Å²) in [5, 5.41) is 19.8. The number of benzene rings is 1. The van der Waals surface area contributed by atoms with Gasteiger partial charge in [-0.1, -0.05) is 12.1 Å². The standard InChI is InChI=1S/C11H11F3N2O/c12-11(13,14)10(17)7-16-6-9-3-1-8(5-15)2-4-9/h1-4,10,16-17H,6-7H2. The summed E-state index contributed by atoms with van der Waals surface area (Å²) in [7, 11) is 0. The molecule has 6 heteroatoms. The van der Waals surface area contributed by atoms with E-state index in [0.717, 1.165) is 5.56 Å². The molecule has 0 aliphatic rings. The number of halogens is 3. The lowest BCUT2D eigenvalue weighted by Gasteiger charge is -2.14. The molecule has 0 bridgehead atoms. The third-order valence-electron chi connectivity index (χ3n) is 2.13. The van der Waals surface area contributed by atoms with Crippen LogP contribution in [0.25, 0.3) is 0 Å². The molecule has 1 unspecified atom stereocenters. The van der Waals surface area contributed by atoms with Crippen molar-refractivity contribution in [2.24, 2.45) is 0 Å². The fourth-order valence-corrected chi connectivity index (χ4v) is 1.17. The van der Waals surface area contributed by atoms with E-state index in [2.05, 4.69) is 5.32 Å². The fourth-order valence-electron chi connectivity index (χ4n) is 1.17. The van der Waals surface area contributed by atoms with Gasteiger partial charge in [-0.15, -0.1) is 0 Å². The summed E-state index contributed by atoms with van der Waals surface area (Å²) < 4.78 is 35.8. The van der Waals surface area contributed by atoms with Gasteiger partial charge < -0.3 is 10.4 Å². The molecule has 0 aromatic heterocycles. The molecule has 0 aliphatic heterocycles. The van der Waals surface area contributed by atoms with Gasteiger partial charge in [-0.3, -0.25) is 0 Å². The van der Waals surface area contributed by atoms with Crippen molar-refractivity contribution in [2.45, 2.75) is 18.8 Å². The Labute approximate surface area is 96.5 Å². The number of hydrogen-bond acceptors (Lipinski definition) is 3. The van der Waals surface area contributed by atoms with Crippen molar-refractivity contribution in [3.63, 3.8) is 0 Å². The van der Waals surface area contributed by atoms with Crippen LogP contribution in [-0.4, -0.2) is 23.9 Å². The van der Waals surface area contributed by atoms with Crippen LogP contribution in [0.2, 0.25) is 0 Å². The summed E-state index contributed by atoms with van der Waals surface area (Å²) in [4.78, 5) is 0. The van der Waals surface area contributed by atoms with Gasteiger partial charge in [0.05, 0.1) is 11.6 Å². The molecule has 0 aliphatic carbocycles. The van der Waals surface area contributed by atoms with Crippen molar-refractivity contribution < 1.29 is 18.3 Å². The molecule has 17 heavy (non-hydrogen) atoms. The average Bonchev–Trinajstić information content (AvgIpc) is 2.28. The van der Waals surface area contributed by atoms with E-state index in [4.69, 9.17) is 10.4 Å². The van der Waals surface area contributed by atoms with Gasteiger partial charge in [0.1, 0.15) is 0 Å². The van der Waals surface area contributed by atoms with Gasteiger partial charge >= 0.3 is 6.18 Å². The Bertz CT molecular complexity index is 395. The quantitative estimate of drug-likeness (QED) is 0.845. The first-order valence-electron chi connectivity index (χ1n) is 4.88. The highest BCUT2D eigenvalue weighted by Crippen LogP contribution is 2.19. The second kappa shape index (κ2) is 5.66. The summed E-state index contributed by atoms with van der Waals surface area (Å²) in [6.07, 6.45) is -6.96. The lowest BCUT2D eigenvalue weighted by molar-refractivity contribution is -0.201. The minimum atomic E-state index is -4.60. The number of aliphatic hydroxyl groups is 1. The van der Waals surface area contributed by atoms with E-state index >= 15 is 0 Å². The highest BCUT2D eigenvalue weighted by molar-refractivity contribution is 5.31. The average molecular weight is 244 g/mol. The Kier molecular flexibility index (Phi) is 4.49. The number of nitrogens with one attached hydrogen (secondary N) is 1. The molecule has 1 aromatic carbocycles. The molecule has 1 rings (SSSR count). The second-order valence-electron chi connectivity index (χ2n) is 3.50. The summed E-state index contributed by atoms with van der Waals surface area (Å²) in [6.45, 7) is -0.345. The van der Waals surface area contributed by atoms with E-state index < -0.39 is 18.8 Å². The molecule has 1 aromatic rings. The molecule has 0 saturated carbocycles. The first kappa shape index (κ1) is 13.5. The Hall–Kier alpha value is -1.58. The van der Waals surface area contributed by atoms with E-state index in [9.17, 15) is 13.2 Å². The molecule has 0 radical (unpaired) electrons. The topological polar surface area (TPSA) is 56.0 Å². The van der Waals surface area contributed by atoms with Gasteiger partial charge in [-0.05, 0) is 17.7 Å². The number of rotatable bonds is 4. The molecule has 1 atom stereocenters. The number of nitrogens with zero attached hydrogens (tertiary/aromatic N) is 1. The zero-order chi connectivity index (χ0) is 12.9. The van der Waals surface area contributed by atoms with Crippen LogP contribution >= 0.6 is 0 Å². The van der Waals surface area contributed by atoms with Crippen LogP contribution in [0.5, 0.6) is 0 Å². The molecule has 0 amide bonds. The third-order valence-corrected chi connectivity index (χ3v) is 2.13. The molecule has 0 saturated heterocycles. The highest BCUT2D eigenvalue weighted by Gasteiger charge is 2.37. The minimum Gasteiger partial charge on any atom is -0.382 e. The van der Waals surface area contributed by atoms with Gasteiger partial charge in [-0.2, -0.15) is 18.4 Å². The molecule has 0 fully saturated rings. The van der Waals surface area contributed by atoms with E-state index in [1.807, 2.05) is 6.07 Å². The molecule has 92 valence electrons. The normalized spacial score (nSPS) is 13.1. The lowest BCUT2D eigenvalue weighted by Crippen LogP contribution is -2.38. The largest absolute Gasteiger partial charge is 0.415 e. The number of nitriles is 1. The van der Waals surface area contributed by atoms with E-state index in [1.165, 1.54) is 0 Å². The van der Waals surface area contributed by atoms with E-state index in [0.29, 0.717) is 5.56 Å². The zero-order valence-electron chi connectivity index (χ0n) is 8.83. The van der Waals surface area contributed by atoms with Gasteiger partial charge in [0.2, 0.25) is 0 Å². The summed E-state index contributed by atoms with van der Waals surface area (Å²) >= 11 is 0. The van der Waals surface area contributed by atoms with E-state index in [-0.39, 0.29) is 6.54 Å². The summed E-state index contributed by atoms with van der Waals surface area (Å²) in [5.74, 6) is 0. The second-order valence-corrected chi connectivity index (χ2v) is 3.50. The van der Waals surface area contributed by atoms with Crippen LogP contribution in [0, 0.1) is 11.3 Å². The molecule has 2 N–H and O–H groups in total. The first-order chi connectivity index (χ1) is 7.93. The zero-order valence-corrected chi connectivity index (χ0v) is 8.83. The number of hydrogen-bond donors (Lipinski definition) is 2. The van der Waals surface area contributed by atoms with Gasteiger partial charge in [0.15, 0.2) is 6.10 Å². The van der Waals surface area contributed by atoms with Crippen LogP contribution in [0.3, 0.4) is 0 Å². The SMILES string of the molecule is N#Cc1ccc(CNCC(O)C(F)(F)F)cc1. The fraction of sp³-hybridized carbons (Fsp3) is 0.364. The van der Waals surface area contributed by atoms with Gasteiger partial charge in [0.25, 0.3) is 0 Å². The molecule has 0 spiro atoms. The molecular weight excluding hydrogens is 233 g/mol. The lowest BCUT2D eigenvalue weighted by atomic mass is 10.1. The van der Waals surface area contributed by atoms with E-state index in [1.54, 1.807) is 24.3 Å². The van der Waals surface area contributed by atoms with Crippen LogP contribution in [0.4, 0.5) is 13.2 Å². The maximum Gasteiger partial charge on any atom is 0.415 e. The molecule has 3 nitrogen and oxygen atoms in total. The maximum absolute atomic E-state index is 11.9.